The second-order valence-corrected chi connectivity index (χ2v) is 6.49. The molecule has 3 rings (SSSR count). The smallest absolute Gasteiger partial charge is 0.279 e. The van der Waals surface area contributed by atoms with Gasteiger partial charge >= 0.3 is 0 Å². The molecule has 144 valence electrons. The Balaban J connectivity index is 1.45. The van der Waals surface area contributed by atoms with Crippen LogP contribution in [-0.4, -0.2) is 24.5 Å². The number of amides is 2. The third-order valence-electron chi connectivity index (χ3n) is 3.91. The first kappa shape index (κ1) is 19.5. The third kappa shape index (κ3) is 5.37. The van der Waals surface area contributed by atoms with Gasteiger partial charge in [-0.2, -0.15) is 0 Å². The number of carbonyl (C=O) groups is 2. The van der Waals surface area contributed by atoms with Crippen molar-refractivity contribution in [3.63, 3.8) is 0 Å². The van der Waals surface area contributed by atoms with Crippen LogP contribution in [0, 0.1) is 0 Å². The van der Waals surface area contributed by atoms with Gasteiger partial charge in [-0.25, -0.2) is 0 Å². The molecule has 0 spiro atoms. The molecule has 0 bridgehead atoms. The van der Waals surface area contributed by atoms with Gasteiger partial charge in [0.2, 0.25) is 0 Å². The number of hydrazine groups is 1. The van der Waals surface area contributed by atoms with Crippen molar-refractivity contribution < 1.29 is 19.1 Å². The molecule has 2 N–H and O–H groups in total. The normalized spacial score (nSPS) is 11.5. The number of nitrogens with one attached hydrogen (secondary N) is 2. The van der Waals surface area contributed by atoms with E-state index >= 15 is 0 Å². The van der Waals surface area contributed by atoms with Crippen LogP contribution >= 0.6 is 11.6 Å². The Labute approximate surface area is 167 Å². The summed E-state index contributed by atoms with van der Waals surface area (Å²) in [6, 6.07) is 20.0. The molecule has 0 unspecified atom stereocenters. The average molecular weight is 399 g/mol. The Morgan fingerprint density at radius 1 is 0.929 bits per heavy atom. The largest absolute Gasteiger partial charge is 0.484 e. The zero-order valence-electron chi connectivity index (χ0n) is 15.1. The lowest BCUT2D eigenvalue weighted by Crippen LogP contribution is -2.48. The zero-order chi connectivity index (χ0) is 19.9. The highest BCUT2D eigenvalue weighted by atomic mass is 35.5. The molecule has 0 fully saturated rings. The van der Waals surface area contributed by atoms with Crippen LogP contribution in [0.25, 0.3) is 10.8 Å². The summed E-state index contributed by atoms with van der Waals surface area (Å²) in [4.78, 5) is 23.9. The maximum atomic E-state index is 12.1. The minimum Gasteiger partial charge on any atom is -0.484 e. The fraction of sp³-hybridized carbons (Fsp3) is 0.143. The van der Waals surface area contributed by atoms with Crippen LogP contribution in [0.4, 0.5) is 0 Å². The standard InChI is InChI=1S/C21H19ClN2O4/c1-14(28-19-9-6-15-4-2-3-5-16(15)12-19)21(26)24-23-20(25)13-27-18-10-7-17(22)8-11-18/h2-12,14H,13H2,1H3,(H,23,25)(H,24,26)/t14-/m1/s1. The molecule has 0 aromatic heterocycles. The summed E-state index contributed by atoms with van der Waals surface area (Å²) in [5, 5.41) is 2.67. The fourth-order valence-electron chi connectivity index (χ4n) is 2.45. The van der Waals surface area contributed by atoms with Gasteiger partial charge in [-0.05, 0) is 54.1 Å². The number of fused-ring (bicyclic) bond motifs is 1. The highest BCUT2D eigenvalue weighted by Gasteiger charge is 2.15. The van der Waals surface area contributed by atoms with Crippen LogP contribution < -0.4 is 20.3 Å². The van der Waals surface area contributed by atoms with Gasteiger partial charge in [-0.15, -0.1) is 0 Å². The van der Waals surface area contributed by atoms with Crippen molar-refractivity contribution in [1.29, 1.82) is 0 Å². The quantitative estimate of drug-likeness (QED) is 0.623. The number of benzene rings is 3. The summed E-state index contributed by atoms with van der Waals surface area (Å²) in [6.45, 7) is 1.35. The molecule has 0 aliphatic heterocycles. The molecule has 1 atom stereocenters. The van der Waals surface area contributed by atoms with E-state index in [-0.39, 0.29) is 6.61 Å². The summed E-state index contributed by atoms with van der Waals surface area (Å²) in [7, 11) is 0. The molecule has 6 nitrogen and oxygen atoms in total. The average Bonchev–Trinajstić information content (AvgIpc) is 2.71. The minimum atomic E-state index is -0.793. The van der Waals surface area contributed by atoms with E-state index in [1.807, 2.05) is 36.4 Å². The van der Waals surface area contributed by atoms with E-state index in [0.29, 0.717) is 16.5 Å². The second kappa shape index (κ2) is 9.10. The zero-order valence-corrected chi connectivity index (χ0v) is 15.9. The Morgan fingerprint density at radius 3 is 2.36 bits per heavy atom. The molecule has 3 aromatic carbocycles. The Bertz CT molecular complexity index is 976. The van der Waals surface area contributed by atoms with Crippen LogP contribution in [0.15, 0.2) is 66.7 Å². The van der Waals surface area contributed by atoms with E-state index in [0.717, 1.165) is 10.8 Å². The van der Waals surface area contributed by atoms with Gasteiger partial charge in [0.25, 0.3) is 11.8 Å². The Morgan fingerprint density at radius 2 is 1.61 bits per heavy atom. The summed E-state index contributed by atoms with van der Waals surface area (Å²) in [5.41, 5.74) is 4.61. The number of carbonyl (C=O) groups excluding carboxylic acids is 2. The number of hydrogen-bond acceptors (Lipinski definition) is 4. The van der Waals surface area contributed by atoms with Crippen LogP contribution in [0.5, 0.6) is 11.5 Å². The monoisotopic (exact) mass is 398 g/mol. The second-order valence-electron chi connectivity index (χ2n) is 6.05. The van der Waals surface area contributed by atoms with Crippen LogP contribution in [0.2, 0.25) is 5.02 Å². The van der Waals surface area contributed by atoms with Crippen LogP contribution in [0.3, 0.4) is 0 Å². The molecule has 0 saturated carbocycles. The summed E-state index contributed by atoms with van der Waals surface area (Å²) in [5.74, 6) is 0.0897. The lowest BCUT2D eigenvalue weighted by molar-refractivity contribution is -0.133. The molecule has 0 heterocycles. The predicted octanol–water partition coefficient (Wildman–Crippen LogP) is 3.49. The number of ether oxygens (including phenoxy) is 2. The first-order valence-corrected chi connectivity index (χ1v) is 9.01. The topological polar surface area (TPSA) is 76.7 Å². The van der Waals surface area contributed by atoms with E-state index in [1.165, 1.54) is 0 Å². The fourth-order valence-corrected chi connectivity index (χ4v) is 2.57. The molecule has 3 aromatic rings. The van der Waals surface area contributed by atoms with Gasteiger partial charge in [0.1, 0.15) is 11.5 Å². The molecule has 0 aliphatic rings. The lowest BCUT2D eigenvalue weighted by Gasteiger charge is -2.15. The van der Waals surface area contributed by atoms with Gasteiger partial charge < -0.3 is 9.47 Å². The highest BCUT2D eigenvalue weighted by Crippen LogP contribution is 2.21. The van der Waals surface area contributed by atoms with E-state index in [2.05, 4.69) is 10.9 Å². The molecule has 0 aliphatic carbocycles. The van der Waals surface area contributed by atoms with Crippen LogP contribution in [-0.2, 0) is 9.59 Å². The molecule has 2 amide bonds. The minimum absolute atomic E-state index is 0.248. The molecular formula is C21H19ClN2O4. The van der Waals surface area contributed by atoms with Crippen molar-refractivity contribution in [2.24, 2.45) is 0 Å². The van der Waals surface area contributed by atoms with E-state index in [9.17, 15) is 9.59 Å². The molecule has 0 saturated heterocycles. The van der Waals surface area contributed by atoms with Crippen molar-refractivity contribution in [2.45, 2.75) is 13.0 Å². The molecular weight excluding hydrogens is 380 g/mol. The number of rotatable bonds is 6. The van der Waals surface area contributed by atoms with Crippen molar-refractivity contribution in [3.05, 3.63) is 71.8 Å². The molecule has 0 radical (unpaired) electrons. The van der Waals surface area contributed by atoms with Gasteiger partial charge in [0.15, 0.2) is 12.7 Å². The molecule has 28 heavy (non-hydrogen) atoms. The number of hydrogen-bond donors (Lipinski definition) is 2. The van der Waals surface area contributed by atoms with Gasteiger partial charge in [0.05, 0.1) is 0 Å². The SMILES string of the molecule is C[C@@H](Oc1ccc2ccccc2c1)C(=O)NNC(=O)COc1ccc(Cl)cc1. The first-order valence-electron chi connectivity index (χ1n) is 8.64. The maximum Gasteiger partial charge on any atom is 0.279 e. The Kier molecular flexibility index (Phi) is 6.34. The lowest BCUT2D eigenvalue weighted by atomic mass is 10.1. The highest BCUT2D eigenvalue weighted by molar-refractivity contribution is 6.30. The van der Waals surface area contributed by atoms with Gasteiger partial charge in [0, 0.05) is 5.02 Å². The van der Waals surface area contributed by atoms with Crippen LogP contribution in [0.1, 0.15) is 6.92 Å². The van der Waals surface area contributed by atoms with E-state index in [4.69, 9.17) is 21.1 Å². The third-order valence-corrected chi connectivity index (χ3v) is 4.16. The summed E-state index contributed by atoms with van der Waals surface area (Å²) >= 11 is 5.78. The molecule has 7 heteroatoms. The summed E-state index contributed by atoms with van der Waals surface area (Å²) < 4.78 is 10.9. The number of halogens is 1. The first-order chi connectivity index (χ1) is 13.5. The summed E-state index contributed by atoms with van der Waals surface area (Å²) in [6.07, 6.45) is -0.793. The van der Waals surface area contributed by atoms with Crippen molar-refractivity contribution >= 4 is 34.2 Å². The maximum absolute atomic E-state index is 12.1. The van der Waals surface area contributed by atoms with E-state index < -0.39 is 17.9 Å². The predicted molar refractivity (Wildman–Crippen MR) is 107 cm³/mol. The van der Waals surface area contributed by atoms with E-state index in [1.54, 1.807) is 37.3 Å². The van der Waals surface area contributed by atoms with Crippen molar-refractivity contribution in [3.8, 4) is 11.5 Å². The van der Waals surface area contributed by atoms with Crippen molar-refractivity contribution in [1.82, 2.24) is 10.9 Å². The van der Waals surface area contributed by atoms with Gasteiger partial charge in [-0.3, -0.25) is 20.4 Å². The van der Waals surface area contributed by atoms with Gasteiger partial charge in [-0.1, -0.05) is 41.9 Å². The van der Waals surface area contributed by atoms with Crippen molar-refractivity contribution in [2.75, 3.05) is 6.61 Å². The Hall–Kier alpha value is -3.25.